The van der Waals surface area contributed by atoms with Crippen molar-refractivity contribution < 1.29 is 0 Å². The monoisotopic (exact) mass is 288 g/mol. The summed E-state index contributed by atoms with van der Waals surface area (Å²) < 4.78 is 2.74. The Kier molecular flexibility index (Phi) is 2.33. The van der Waals surface area contributed by atoms with Gasteiger partial charge < -0.3 is 5.73 Å². The molecular formula is C12H9BrN4. The van der Waals surface area contributed by atoms with Crippen LogP contribution in [0, 0.1) is 0 Å². The summed E-state index contributed by atoms with van der Waals surface area (Å²) >= 11 is 3.54. The van der Waals surface area contributed by atoms with Crippen LogP contribution >= 0.6 is 15.9 Å². The molecule has 5 heteroatoms. The standard InChI is InChI=1S/C12H9BrN4/c13-10-5-6-11(17-7-12(14)15-16-17)9-4-2-1-3-8(9)10/h1-7H,14H2. The van der Waals surface area contributed by atoms with Gasteiger partial charge in [-0.05, 0) is 17.5 Å². The van der Waals surface area contributed by atoms with Crippen LogP contribution in [0.15, 0.2) is 47.1 Å². The first kappa shape index (κ1) is 10.3. The van der Waals surface area contributed by atoms with E-state index in [1.807, 2.05) is 30.3 Å². The molecule has 0 saturated heterocycles. The summed E-state index contributed by atoms with van der Waals surface area (Å²) in [4.78, 5) is 0. The van der Waals surface area contributed by atoms with Gasteiger partial charge in [0.1, 0.15) is 0 Å². The molecule has 2 N–H and O–H groups in total. The molecule has 0 spiro atoms. The minimum absolute atomic E-state index is 0.414. The largest absolute Gasteiger partial charge is 0.381 e. The van der Waals surface area contributed by atoms with Gasteiger partial charge in [0, 0.05) is 9.86 Å². The molecule has 0 aliphatic carbocycles. The van der Waals surface area contributed by atoms with Crippen molar-refractivity contribution in [3.05, 3.63) is 47.1 Å². The Labute approximate surface area is 106 Å². The molecule has 4 nitrogen and oxygen atoms in total. The summed E-state index contributed by atoms with van der Waals surface area (Å²) in [5.74, 6) is 0.414. The molecule has 3 rings (SSSR count). The summed E-state index contributed by atoms with van der Waals surface area (Å²) in [6, 6.07) is 12.1. The molecule has 0 fully saturated rings. The number of aromatic nitrogens is 3. The molecule has 1 aromatic heterocycles. The fraction of sp³-hybridized carbons (Fsp3) is 0. The molecule has 84 valence electrons. The van der Waals surface area contributed by atoms with E-state index < -0.39 is 0 Å². The molecule has 0 radical (unpaired) electrons. The van der Waals surface area contributed by atoms with Gasteiger partial charge in [0.15, 0.2) is 5.82 Å². The average molecular weight is 289 g/mol. The third kappa shape index (κ3) is 1.68. The highest BCUT2D eigenvalue weighted by Gasteiger charge is 2.07. The molecule has 0 bridgehead atoms. The first-order chi connectivity index (χ1) is 8.25. The van der Waals surface area contributed by atoms with Crippen LogP contribution in [0.2, 0.25) is 0 Å². The number of hydrogen-bond donors (Lipinski definition) is 1. The summed E-state index contributed by atoms with van der Waals surface area (Å²) in [5.41, 5.74) is 6.55. The highest BCUT2D eigenvalue weighted by molar-refractivity contribution is 9.10. The number of rotatable bonds is 1. The van der Waals surface area contributed by atoms with Crippen LogP contribution in [-0.2, 0) is 0 Å². The molecule has 0 aliphatic rings. The van der Waals surface area contributed by atoms with Gasteiger partial charge in [-0.2, -0.15) is 0 Å². The first-order valence-corrected chi connectivity index (χ1v) is 5.90. The average Bonchev–Trinajstić information content (AvgIpc) is 2.77. The molecule has 0 unspecified atom stereocenters. The minimum Gasteiger partial charge on any atom is -0.381 e. The summed E-state index contributed by atoms with van der Waals surface area (Å²) in [7, 11) is 0. The van der Waals surface area contributed by atoms with Gasteiger partial charge in [-0.15, -0.1) is 5.10 Å². The molecule has 3 aromatic rings. The van der Waals surface area contributed by atoms with Crippen molar-refractivity contribution in [3.8, 4) is 5.69 Å². The predicted molar refractivity (Wildman–Crippen MR) is 71.0 cm³/mol. The van der Waals surface area contributed by atoms with E-state index in [1.165, 1.54) is 0 Å². The maximum Gasteiger partial charge on any atom is 0.166 e. The van der Waals surface area contributed by atoms with E-state index in [0.717, 1.165) is 20.9 Å². The Bertz CT molecular complexity index is 690. The van der Waals surface area contributed by atoms with E-state index >= 15 is 0 Å². The number of halogens is 1. The second-order valence-corrected chi connectivity index (χ2v) is 4.55. The van der Waals surface area contributed by atoms with E-state index in [0.29, 0.717) is 5.82 Å². The van der Waals surface area contributed by atoms with E-state index in [1.54, 1.807) is 10.9 Å². The molecule has 17 heavy (non-hydrogen) atoms. The topological polar surface area (TPSA) is 56.7 Å². The lowest BCUT2D eigenvalue weighted by Crippen LogP contribution is -1.96. The molecule has 0 atom stereocenters. The number of nitrogens with two attached hydrogens (primary N) is 1. The van der Waals surface area contributed by atoms with Crippen molar-refractivity contribution in [1.82, 2.24) is 15.0 Å². The third-order valence-corrected chi connectivity index (χ3v) is 3.30. The molecule has 0 amide bonds. The summed E-state index contributed by atoms with van der Waals surface area (Å²) in [6.07, 6.45) is 1.70. The third-order valence-electron chi connectivity index (χ3n) is 2.61. The van der Waals surface area contributed by atoms with Crippen LogP contribution < -0.4 is 5.73 Å². The van der Waals surface area contributed by atoms with Gasteiger partial charge in [0.05, 0.1) is 11.9 Å². The van der Waals surface area contributed by atoms with Gasteiger partial charge in [0.25, 0.3) is 0 Å². The number of anilines is 1. The van der Waals surface area contributed by atoms with Crippen LogP contribution in [0.25, 0.3) is 16.5 Å². The number of hydrogen-bond acceptors (Lipinski definition) is 3. The van der Waals surface area contributed by atoms with Gasteiger partial charge >= 0.3 is 0 Å². The number of benzene rings is 2. The molecule has 0 aliphatic heterocycles. The molecule has 0 saturated carbocycles. The number of fused-ring (bicyclic) bond motifs is 1. The van der Waals surface area contributed by atoms with Gasteiger partial charge in [0.2, 0.25) is 0 Å². The number of nitrogen functional groups attached to an aromatic ring is 1. The fourth-order valence-corrected chi connectivity index (χ4v) is 2.32. The van der Waals surface area contributed by atoms with Crippen molar-refractivity contribution >= 4 is 32.5 Å². The Hall–Kier alpha value is -1.88. The zero-order chi connectivity index (χ0) is 11.8. The van der Waals surface area contributed by atoms with E-state index in [9.17, 15) is 0 Å². The zero-order valence-electron chi connectivity index (χ0n) is 8.84. The van der Waals surface area contributed by atoms with Crippen molar-refractivity contribution in [2.45, 2.75) is 0 Å². The SMILES string of the molecule is Nc1cn(-c2ccc(Br)c3ccccc23)nn1. The van der Waals surface area contributed by atoms with Crippen molar-refractivity contribution in [3.63, 3.8) is 0 Å². The van der Waals surface area contributed by atoms with Crippen LogP contribution in [0.3, 0.4) is 0 Å². The van der Waals surface area contributed by atoms with Crippen LogP contribution in [0.1, 0.15) is 0 Å². The predicted octanol–water partition coefficient (Wildman–Crippen LogP) is 2.77. The Morgan fingerprint density at radius 1 is 1.06 bits per heavy atom. The highest BCUT2D eigenvalue weighted by atomic mass is 79.9. The summed E-state index contributed by atoms with van der Waals surface area (Å²) in [6.45, 7) is 0. The van der Waals surface area contributed by atoms with Gasteiger partial charge in [-0.1, -0.05) is 45.4 Å². The lowest BCUT2D eigenvalue weighted by atomic mass is 10.1. The van der Waals surface area contributed by atoms with Crippen molar-refractivity contribution in [2.24, 2.45) is 0 Å². The second kappa shape index (κ2) is 3.85. The minimum atomic E-state index is 0.414. The van der Waals surface area contributed by atoms with E-state index in [-0.39, 0.29) is 0 Å². The normalized spacial score (nSPS) is 10.9. The maximum atomic E-state index is 5.59. The van der Waals surface area contributed by atoms with Crippen LogP contribution in [-0.4, -0.2) is 15.0 Å². The molecule has 2 aromatic carbocycles. The van der Waals surface area contributed by atoms with Crippen LogP contribution in [0.5, 0.6) is 0 Å². The van der Waals surface area contributed by atoms with Crippen LogP contribution in [0.4, 0.5) is 5.82 Å². The fourth-order valence-electron chi connectivity index (χ4n) is 1.84. The second-order valence-electron chi connectivity index (χ2n) is 3.70. The Morgan fingerprint density at radius 3 is 2.53 bits per heavy atom. The maximum absolute atomic E-state index is 5.59. The van der Waals surface area contributed by atoms with E-state index in [2.05, 4.69) is 32.3 Å². The Balaban J connectivity index is 2.34. The lowest BCUT2D eigenvalue weighted by molar-refractivity contribution is 0.809. The van der Waals surface area contributed by atoms with Crippen molar-refractivity contribution in [1.29, 1.82) is 0 Å². The lowest BCUT2D eigenvalue weighted by Gasteiger charge is -2.07. The number of nitrogens with zero attached hydrogens (tertiary/aromatic N) is 3. The van der Waals surface area contributed by atoms with Gasteiger partial charge in [-0.3, -0.25) is 0 Å². The molecular weight excluding hydrogens is 280 g/mol. The zero-order valence-corrected chi connectivity index (χ0v) is 10.4. The highest BCUT2D eigenvalue weighted by Crippen LogP contribution is 2.28. The van der Waals surface area contributed by atoms with E-state index in [4.69, 9.17) is 5.73 Å². The first-order valence-electron chi connectivity index (χ1n) is 5.11. The summed E-state index contributed by atoms with van der Waals surface area (Å²) in [5, 5.41) is 10.0. The smallest absolute Gasteiger partial charge is 0.166 e. The van der Waals surface area contributed by atoms with Crippen molar-refractivity contribution in [2.75, 3.05) is 5.73 Å². The van der Waals surface area contributed by atoms with Gasteiger partial charge in [-0.25, -0.2) is 4.68 Å². The quantitative estimate of drug-likeness (QED) is 0.749. The Morgan fingerprint density at radius 2 is 1.82 bits per heavy atom. The molecule has 1 heterocycles.